The minimum absolute atomic E-state index is 0.120. The molecule has 25 heavy (non-hydrogen) atoms. The third kappa shape index (κ3) is 3.64. The highest BCUT2D eigenvalue weighted by atomic mass is 32.1. The highest BCUT2D eigenvalue weighted by Crippen LogP contribution is 2.32. The molecule has 0 unspecified atom stereocenters. The van der Waals surface area contributed by atoms with Crippen molar-refractivity contribution in [3.05, 3.63) is 64.5 Å². The molecule has 0 spiro atoms. The van der Waals surface area contributed by atoms with Gasteiger partial charge in [0.25, 0.3) is 0 Å². The van der Waals surface area contributed by atoms with Crippen LogP contribution in [0.1, 0.15) is 27.7 Å². The number of nitrogens with one attached hydrogen (secondary N) is 1. The van der Waals surface area contributed by atoms with E-state index in [0.29, 0.717) is 21.3 Å². The van der Waals surface area contributed by atoms with Crippen molar-refractivity contribution < 1.29 is 9.53 Å². The van der Waals surface area contributed by atoms with Crippen molar-refractivity contribution in [3.8, 4) is 5.75 Å². The molecule has 3 N–H and O–H groups in total. The third-order valence-corrected chi connectivity index (χ3v) is 4.82. The zero-order valence-electron chi connectivity index (χ0n) is 14.1. The topological polar surface area (TPSA) is 77.2 Å². The minimum atomic E-state index is -0.120. The van der Waals surface area contributed by atoms with Crippen LogP contribution in [-0.4, -0.2) is 17.9 Å². The first-order valence-electron chi connectivity index (χ1n) is 7.92. The zero-order chi connectivity index (χ0) is 17.8. The van der Waals surface area contributed by atoms with Gasteiger partial charge in [-0.15, -0.1) is 0 Å². The molecule has 0 bridgehead atoms. The lowest BCUT2D eigenvalue weighted by Crippen LogP contribution is -2.02. The summed E-state index contributed by atoms with van der Waals surface area (Å²) in [4.78, 5) is 17.4. The van der Waals surface area contributed by atoms with Crippen molar-refractivity contribution >= 4 is 33.8 Å². The maximum atomic E-state index is 12.7. The van der Waals surface area contributed by atoms with E-state index in [9.17, 15) is 4.79 Å². The molecular weight excluding hydrogens is 334 g/mol. The summed E-state index contributed by atoms with van der Waals surface area (Å²) in [7, 11) is 1.60. The Labute approximate surface area is 150 Å². The molecule has 2 aromatic carbocycles. The molecule has 0 saturated carbocycles. The number of para-hydroxylation sites is 2. The van der Waals surface area contributed by atoms with Gasteiger partial charge in [0.2, 0.25) is 5.78 Å². The van der Waals surface area contributed by atoms with Gasteiger partial charge in [-0.05, 0) is 24.1 Å². The van der Waals surface area contributed by atoms with Gasteiger partial charge in [0.1, 0.15) is 16.4 Å². The lowest BCUT2D eigenvalue weighted by atomic mass is 10.1. The number of carbonyl (C=O) groups excluding carboxylic acids is 1. The van der Waals surface area contributed by atoms with Crippen LogP contribution < -0.4 is 15.8 Å². The second kappa shape index (κ2) is 7.36. The predicted octanol–water partition coefficient (Wildman–Crippen LogP) is 4.27. The van der Waals surface area contributed by atoms with Gasteiger partial charge < -0.3 is 15.8 Å². The summed E-state index contributed by atoms with van der Waals surface area (Å²) in [6, 6.07) is 15.1. The molecule has 0 aliphatic carbocycles. The normalized spacial score (nSPS) is 10.5. The molecule has 0 aliphatic rings. The molecule has 1 heterocycles. The predicted molar refractivity (Wildman–Crippen MR) is 102 cm³/mol. The number of aryl methyl sites for hydroxylation is 1. The van der Waals surface area contributed by atoms with Crippen molar-refractivity contribution in [2.75, 3.05) is 18.2 Å². The Hall–Kier alpha value is -2.86. The van der Waals surface area contributed by atoms with E-state index in [1.54, 1.807) is 7.11 Å². The Morgan fingerprint density at radius 3 is 2.60 bits per heavy atom. The van der Waals surface area contributed by atoms with Gasteiger partial charge in [-0.1, -0.05) is 54.7 Å². The second-order valence-corrected chi connectivity index (χ2v) is 6.44. The maximum absolute atomic E-state index is 12.7. The molecule has 3 aromatic rings. The van der Waals surface area contributed by atoms with Gasteiger partial charge in [-0.3, -0.25) is 4.79 Å². The number of hydrogen-bond acceptors (Lipinski definition) is 6. The van der Waals surface area contributed by atoms with Crippen molar-refractivity contribution in [1.29, 1.82) is 0 Å². The monoisotopic (exact) mass is 353 g/mol. The van der Waals surface area contributed by atoms with E-state index in [4.69, 9.17) is 10.5 Å². The van der Waals surface area contributed by atoms with Crippen molar-refractivity contribution in [3.63, 3.8) is 0 Å². The van der Waals surface area contributed by atoms with Crippen molar-refractivity contribution in [2.45, 2.75) is 13.3 Å². The van der Waals surface area contributed by atoms with Crippen LogP contribution in [0.5, 0.6) is 5.75 Å². The Kier molecular flexibility index (Phi) is 5.00. The fourth-order valence-electron chi connectivity index (χ4n) is 2.43. The van der Waals surface area contributed by atoms with Gasteiger partial charge >= 0.3 is 0 Å². The number of ketones is 1. The van der Waals surface area contributed by atoms with Crippen LogP contribution in [0.15, 0.2) is 48.5 Å². The number of benzene rings is 2. The molecule has 0 fully saturated rings. The van der Waals surface area contributed by atoms with E-state index in [1.165, 1.54) is 16.9 Å². The Morgan fingerprint density at radius 2 is 1.92 bits per heavy atom. The molecule has 1 aromatic heterocycles. The molecule has 6 heteroatoms. The number of aromatic nitrogens is 1. The smallest absolute Gasteiger partial charge is 0.206 e. The number of nitrogens with zero attached hydrogens (tertiary/aromatic N) is 1. The Morgan fingerprint density at radius 1 is 1.20 bits per heavy atom. The highest BCUT2D eigenvalue weighted by molar-refractivity contribution is 7.18. The maximum Gasteiger partial charge on any atom is 0.206 e. The second-order valence-electron chi connectivity index (χ2n) is 5.44. The first kappa shape index (κ1) is 17.0. The number of thiazole rings is 1. The number of rotatable bonds is 6. The number of nitrogens with two attached hydrogens (primary N) is 1. The molecule has 0 amide bonds. The fourth-order valence-corrected chi connectivity index (χ4v) is 3.29. The van der Waals surface area contributed by atoms with E-state index in [2.05, 4.69) is 17.2 Å². The molecule has 0 atom stereocenters. The van der Waals surface area contributed by atoms with Crippen molar-refractivity contribution in [1.82, 2.24) is 4.98 Å². The first-order valence-corrected chi connectivity index (χ1v) is 8.74. The third-order valence-electron chi connectivity index (χ3n) is 3.83. The lowest BCUT2D eigenvalue weighted by Gasteiger charge is -2.07. The van der Waals surface area contributed by atoms with Gasteiger partial charge in [0.05, 0.1) is 12.8 Å². The van der Waals surface area contributed by atoms with Crippen LogP contribution in [0.2, 0.25) is 0 Å². The van der Waals surface area contributed by atoms with Gasteiger partial charge in [-0.2, -0.15) is 0 Å². The summed E-state index contributed by atoms with van der Waals surface area (Å²) < 4.78 is 5.31. The van der Waals surface area contributed by atoms with Crippen LogP contribution in [0.3, 0.4) is 0 Å². The fraction of sp³-hybridized carbons (Fsp3) is 0.158. The van der Waals surface area contributed by atoms with Gasteiger partial charge in [-0.25, -0.2) is 4.98 Å². The lowest BCUT2D eigenvalue weighted by molar-refractivity contribution is 0.104. The van der Waals surface area contributed by atoms with Crippen LogP contribution in [-0.2, 0) is 6.42 Å². The van der Waals surface area contributed by atoms with E-state index < -0.39 is 0 Å². The van der Waals surface area contributed by atoms with E-state index >= 15 is 0 Å². The number of ether oxygens (including phenoxy) is 1. The number of anilines is 3. The summed E-state index contributed by atoms with van der Waals surface area (Å²) in [5.41, 5.74) is 8.53. The standard InChI is InChI=1S/C19H19N3O2S/c1-3-12-8-10-13(11-9-12)16(23)17-18(20)22-19(25-17)21-14-6-4-5-7-15(14)24-2/h4-11H,3,20H2,1-2H3,(H,21,22). The molecule has 128 valence electrons. The number of carbonyl (C=O) groups is 1. The van der Waals surface area contributed by atoms with Crippen molar-refractivity contribution in [2.24, 2.45) is 0 Å². The Bertz CT molecular complexity index is 888. The Balaban J connectivity index is 1.85. The molecule has 0 aliphatic heterocycles. The summed E-state index contributed by atoms with van der Waals surface area (Å²) in [5, 5.41) is 3.71. The number of nitrogen functional groups attached to an aromatic ring is 1. The van der Waals surface area contributed by atoms with Crippen LogP contribution in [0.25, 0.3) is 0 Å². The van der Waals surface area contributed by atoms with Crippen LogP contribution in [0.4, 0.5) is 16.6 Å². The number of methoxy groups -OCH3 is 1. The van der Waals surface area contributed by atoms with Crippen LogP contribution in [0, 0.1) is 0 Å². The summed E-state index contributed by atoms with van der Waals surface area (Å²) >= 11 is 1.23. The molecule has 0 saturated heterocycles. The van der Waals surface area contributed by atoms with E-state index in [1.807, 2.05) is 48.5 Å². The molecule has 3 rings (SSSR count). The first-order chi connectivity index (χ1) is 12.1. The SMILES string of the molecule is CCc1ccc(C(=O)c2sc(Nc3ccccc3OC)nc2N)cc1. The molecular formula is C19H19N3O2S. The summed E-state index contributed by atoms with van der Waals surface area (Å²) in [6.45, 7) is 2.08. The zero-order valence-corrected chi connectivity index (χ0v) is 14.9. The molecule has 5 nitrogen and oxygen atoms in total. The van der Waals surface area contributed by atoms with E-state index in [-0.39, 0.29) is 11.6 Å². The quantitative estimate of drug-likeness (QED) is 0.647. The van der Waals surface area contributed by atoms with Crippen LogP contribution >= 0.6 is 11.3 Å². The summed E-state index contributed by atoms with van der Waals surface area (Å²) in [5.74, 6) is 0.803. The largest absolute Gasteiger partial charge is 0.495 e. The average molecular weight is 353 g/mol. The summed E-state index contributed by atoms with van der Waals surface area (Å²) in [6.07, 6.45) is 0.935. The number of hydrogen-bond donors (Lipinski definition) is 2. The van der Waals surface area contributed by atoms with Gasteiger partial charge in [0, 0.05) is 5.56 Å². The minimum Gasteiger partial charge on any atom is -0.495 e. The highest BCUT2D eigenvalue weighted by Gasteiger charge is 2.18. The van der Waals surface area contributed by atoms with Gasteiger partial charge in [0.15, 0.2) is 5.13 Å². The van der Waals surface area contributed by atoms with E-state index in [0.717, 1.165) is 12.1 Å². The average Bonchev–Trinajstić information content (AvgIpc) is 3.01. The molecule has 0 radical (unpaired) electrons.